The summed E-state index contributed by atoms with van der Waals surface area (Å²) in [6.07, 6.45) is 0.796. The molecule has 0 saturated heterocycles. The van der Waals surface area contributed by atoms with E-state index in [0.717, 1.165) is 0 Å². The van der Waals surface area contributed by atoms with E-state index in [0.29, 0.717) is 18.5 Å². The van der Waals surface area contributed by atoms with Crippen molar-refractivity contribution >= 4 is 12.0 Å². The second-order valence-electron chi connectivity index (χ2n) is 6.63. The summed E-state index contributed by atoms with van der Waals surface area (Å²) in [5, 5.41) is 9.36. The molecule has 1 aromatic rings. The lowest BCUT2D eigenvalue weighted by atomic mass is 9.92. The fourth-order valence-corrected chi connectivity index (χ4v) is 2.05. The molecule has 23 heavy (non-hydrogen) atoms. The van der Waals surface area contributed by atoms with Crippen molar-refractivity contribution in [3.8, 4) is 0 Å². The predicted molar refractivity (Wildman–Crippen MR) is 86.3 cm³/mol. The van der Waals surface area contributed by atoms with E-state index in [4.69, 9.17) is 9.26 Å². The molecule has 0 fully saturated rings. The number of rotatable bonds is 6. The Labute approximate surface area is 137 Å². The Morgan fingerprint density at radius 3 is 2.30 bits per heavy atom. The zero-order valence-electron chi connectivity index (χ0n) is 14.8. The Hall–Kier alpha value is -2.05. The van der Waals surface area contributed by atoms with Crippen LogP contribution in [0.15, 0.2) is 10.6 Å². The Balaban J connectivity index is 2.71. The maximum absolute atomic E-state index is 12.3. The number of carbonyl (C=O) groups is 2. The molecule has 7 nitrogen and oxygen atoms in total. The Morgan fingerprint density at radius 1 is 1.26 bits per heavy atom. The number of alkyl carbamates (subject to hydrolysis) is 1. The van der Waals surface area contributed by atoms with E-state index in [2.05, 4.69) is 15.8 Å². The first-order chi connectivity index (χ1) is 10.6. The number of carbonyl (C=O) groups excluding carboxylic acids is 2. The smallest absolute Gasteiger partial charge is 0.407 e. The zero-order valence-corrected chi connectivity index (χ0v) is 14.8. The molecule has 2 amide bonds. The molecule has 1 aromatic heterocycles. The summed E-state index contributed by atoms with van der Waals surface area (Å²) in [6.45, 7) is 11.3. The first kappa shape index (κ1) is 19.0. The number of ether oxygens (including phenoxy) is 1. The molecule has 0 spiro atoms. The molecule has 0 unspecified atom stereocenters. The maximum atomic E-state index is 12.3. The lowest BCUT2D eigenvalue weighted by molar-refractivity contribution is 0.0500. The second kappa shape index (κ2) is 7.48. The molecule has 1 heterocycles. The molecule has 0 saturated carbocycles. The van der Waals surface area contributed by atoms with E-state index >= 15 is 0 Å². The van der Waals surface area contributed by atoms with Crippen molar-refractivity contribution in [3.05, 3.63) is 17.5 Å². The molecule has 0 radical (unpaired) electrons. The first-order valence-electron chi connectivity index (χ1n) is 7.83. The van der Waals surface area contributed by atoms with E-state index < -0.39 is 17.2 Å². The molecule has 0 atom stereocenters. The Bertz CT molecular complexity index is 542. The van der Waals surface area contributed by atoms with Crippen LogP contribution in [0.4, 0.5) is 4.79 Å². The van der Waals surface area contributed by atoms with Crippen molar-refractivity contribution in [1.29, 1.82) is 0 Å². The lowest BCUT2D eigenvalue weighted by Crippen LogP contribution is -2.55. The van der Waals surface area contributed by atoms with E-state index in [9.17, 15) is 9.59 Å². The summed E-state index contributed by atoms with van der Waals surface area (Å²) in [7, 11) is 0. The van der Waals surface area contributed by atoms with Crippen molar-refractivity contribution < 1.29 is 18.8 Å². The van der Waals surface area contributed by atoms with Crippen LogP contribution in [0.25, 0.3) is 0 Å². The quantitative estimate of drug-likeness (QED) is 0.839. The largest absolute Gasteiger partial charge is 0.444 e. The third kappa shape index (κ3) is 5.92. The van der Waals surface area contributed by atoms with Gasteiger partial charge < -0.3 is 19.9 Å². The summed E-state index contributed by atoms with van der Waals surface area (Å²) in [5.74, 6) is -0.189. The van der Waals surface area contributed by atoms with E-state index in [1.807, 2.05) is 13.8 Å². The summed E-state index contributed by atoms with van der Waals surface area (Å²) in [6, 6.07) is 1.58. The van der Waals surface area contributed by atoms with Crippen LogP contribution in [-0.4, -0.2) is 34.8 Å². The molecule has 0 aliphatic carbocycles. The van der Waals surface area contributed by atoms with Crippen molar-refractivity contribution in [1.82, 2.24) is 15.8 Å². The Morgan fingerprint density at radius 2 is 1.87 bits per heavy atom. The van der Waals surface area contributed by atoms with Gasteiger partial charge in [-0.1, -0.05) is 19.0 Å². The van der Waals surface area contributed by atoms with Gasteiger partial charge in [0.15, 0.2) is 0 Å². The van der Waals surface area contributed by atoms with Crippen LogP contribution in [0.5, 0.6) is 0 Å². The second-order valence-corrected chi connectivity index (χ2v) is 6.63. The molecule has 130 valence electrons. The number of hydrogen-bond acceptors (Lipinski definition) is 5. The number of aromatic nitrogens is 1. The number of amides is 2. The molecule has 0 bridgehead atoms. The predicted octanol–water partition coefficient (Wildman–Crippen LogP) is 2.80. The van der Waals surface area contributed by atoms with Crippen LogP contribution in [0.1, 0.15) is 63.7 Å². The van der Waals surface area contributed by atoms with Crippen LogP contribution >= 0.6 is 0 Å². The normalized spacial score (nSPS) is 11.9. The van der Waals surface area contributed by atoms with Gasteiger partial charge in [-0.15, -0.1) is 0 Å². The van der Waals surface area contributed by atoms with Crippen LogP contribution in [-0.2, 0) is 4.74 Å². The monoisotopic (exact) mass is 325 g/mol. The van der Waals surface area contributed by atoms with Gasteiger partial charge in [0.05, 0.1) is 11.2 Å². The van der Waals surface area contributed by atoms with Crippen LogP contribution in [0, 0.1) is 6.92 Å². The van der Waals surface area contributed by atoms with Gasteiger partial charge in [-0.3, -0.25) is 4.79 Å². The van der Waals surface area contributed by atoms with Crippen molar-refractivity contribution in [2.24, 2.45) is 0 Å². The van der Waals surface area contributed by atoms with Gasteiger partial charge in [0, 0.05) is 12.6 Å². The minimum absolute atomic E-state index is 0.158. The summed E-state index contributed by atoms with van der Waals surface area (Å²) in [5.41, 5.74) is -0.499. The highest BCUT2D eigenvalue weighted by Gasteiger charge is 2.31. The topological polar surface area (TPSA) is 93.5 Å². The fraction of sp³-hybridized carbons (Fsp3) is 0.688. The summed E-state index contributed by atoms with van der Waals surface area (Å²) >= 11 is 0. The highest BCUT2D eigenvalue weighted by atomic mass is 16.6. The molecule has 2 N–H and O–H groups in total. The molecule has 0 aliphatic rings. The minimum atomic E-state index is -0.575. The van der Waals surface area contributed by atoms with Crippen LogP contribution in [0.3, 0.4) is 0 Å². The molecular formula is C16H27N3O4. The maximum Gasteiger partial charge on any atom is 0.407 e. The minimum Gasteiger partial charge on any atom is -0.444 e. The first-order valence-corrected chi connectivity index (χ1v) is 7.83. The molecular weight excluding hydrogens is 298 g/mol. The van der Waals surface area contributed by atoms with Gasteiger partial charge in [0.1, 0.15) is 5.60 Å². The van der Waals surface area contributed by atoms with Crippen LogP contribution < -0.4 is 10.6 Å². The van der Waals surface area contributed by atoms with Gasteiger partial charge in [0.2, 0.25) is 5.76 Å². The molecule has 7 heteroatoms. The summed E-state index contributed by atoms with van der Waals surface area (Å²) in [4.78, 5) is 24.1. The highest BCUT2D eigenvalue weighted by molar-refractivity contribution is 5.92. The van der Waals surface area contributed by atoms with E-state index in [1.165, 1.54) is 0 Å². The Kier molecular flexibility index (Phi) is 6.18. The highest BCUT2D eigenvalue weighted by Crippen LogP contribution is 2.16. The third-order valence-electron chi connectivity index (χ3n) is 3.55. The van der Waals surface area contributed by atoms with Crippen molar-refractivity contribution in [2.45, 2.75) is 65.5 Å². The van der Waals surface area contributed by atoms with Gasteiger partial charge >= 0.3 is 6.09 Å². The number of hydrogen-bond donors (Lipinski definition) is 2. The number of nitrogens with zero attached hydrogens (tertiary/aromatic N) is 1. The van der Waals surface area contributed by atoms with Gasteiger partial charge in [-0.25, -0.2) is 4.79 Å². The lowest BCUT2D eigenvalue weighted by Gasteiger charge is -2.33. The standard InChI is InChI=1S/C16H27N3O4/c1-7-16(8-2,10-17-14(21)22-15(4,5)6)18-13(20)12-9-11(3)19-23-12/h9H,7-8,10H2,1-6H3,(H,17,21)(H,18,20). The summed E-state index contributed by atoms with van der Waals surface area (Å²) < 4.78 is 10.2. The zero-order chi connectivity index (χ0) is 17.7. The van der Waals surface area contributed by atoms with Gasteiger partial charge in [-0.2, -0.15) is 0 Å². The average molecular weight is 325 g/mol. The van der Waals surface area contributed by atoms with Crippen molar-refractivity contribution in [2.75, 3.05) is 6.54 Å². The molecule has 0 aromatic carbocycles. The number of aryl methyl sites for hydroxylation is 1. The number of nitrogens with one attached hydrogen (secondary N) is 2. The van der Waals surface area contributed by atoms with Crippen LogP contribution in [0.2, 0.25) is 0 Å². The average Bonchev–Trinajstić information content (AvgIpc) is 2.88. The van der Waals surface area contributed by atoms with Crippen molar-refractivity contribution in [3.63, 3.8) is 0 Å². The molecule has 1 rings (SSSR count). The van der Waals surface area contributed by atoms with Gasteiger partial charge in [-0.05, 0) is 40.5 Å². The molecule has 0 aliphatic heterocycles. The van der Waals surface area contributed by atoms with E-state index in [-0.39, 0.29) is 18.2 Å². The SMILES string of the molecule is CCC(CC)(CNC(=O)OC(C)(C)C)NC(=O)c1cc(C)no1. The van der Waals surface area contributed by atoms with Gasteiger partial charge in [0.25, 0.3) is 5.91 Å². The third-order valence-corrected chi connectivity index (χ3v) is 3.55. The fourth-order valence-electron chi connectivity index (χ4n) is 2.05. The van der Waals surface area contributed by atoms with E-state index in [1.54, 1.807) is 33.8 Å².